The molecular weight excluding hydrogens is 277 g/mol. The summed E-state index contributed by atoms with van der Waals surface area (Å²) in [5.41, 5.74) is 1.83. The Hall–Kier alpha value is -1.59. The van der Waals surface area contributed by atoms with Gasteiger partial charge in [0.1, 0.15) is 0 Å². The Balaban J connectivity index is 2.01. The van der Waals surface area contributed by atoms with E-state index in [1.807, 2.05) is 52.0 Å². The monoisotopic (exact) mass is 301 g/mol. The van der Waals surface area contributed by atoms with Crippen molar-refractivity contribution in [2.24, 2.45) is 0 Å². The van der Waals surface area contributed by atoms with Crippen LogP contribution >= 0.6 is 0 Å². The summed E-state index contributed by atoms with van der Waals surface area (Å²) in [5, 5.41) is 2.81. The molecular formula is C17H24BNO3. The third-order valence-corrected chi connectivity index (χ3v) is 4.35. The van der Waals surface area contributed by atoms with E-state index in [0.717, 1.165) is 11.0 Å². The molecule has 0 unspecified atom stereocenters. The molecule has 0 aliphatic carbocycles. The highest BCUT2D eigenvalue weighted by atomic mass is 16.7. The van der Waals surface area contributed by atoms with E-state index in [1.54, 1.807) is 6.92 Å². The van der Waals surface area contributed by atoms with Crippen LogP contribution in [0.4, 0.5) is 0 Å². The largest absolute Gasteiger partial charge is 0.494 e. The summed E-state index contributed by atoms with van der Waals surface area (Å²) < 4.78 is 12.0. The van der Waals surface area contributed by atoms with Gasteiger partial charge in [-0.05, 0) is 45.6 Å². The average molecular weight is 301 g/mol. The zero-order chi connectivity index (χ0) is 16.5. The minimum absolute atomic E-state index is 0.130. The van der Waals surface area contributed by atoms with Crippen molar-refractivity contribution in [3.05, 3.63) is 42.0 Å². The van der Waals surface area contributed by atoms with Crippen molar-refractivity contribution < 1.29 is 14.1 Å². The summed E-state index contributed by atoms with van der Waals surface area (Å²) >= 11 is 0. The maximum atomic E-state index is 11.5. The van der Waals surface area contributed by atoms with E-state index in [-0.39, 0.29) is 24.2 Å². The number of hydrogen-bond acceptors (Lipinski definition) is 3. The molecule has 1 saturated heterocycles. The number of hydrogen-bond donors (Lipinski definition) is 1. The third kappa shape index (κ3) is 3.42. The molecule has 5 heteroatoms. The lowest BCUT2D eigenvalue weighted by Crippen LogP contribution is -2.41. The molecule has 4 nitrogen and oxygen atoms in total. The van der Waals surface area contributed by atoms with Crippen molar-refractivity contribution in [1.29, 1.82) is 0 Å². The fourth-order valence-corrected chi connectivity index (χ4v) is 2.10. The Labute approximate surface area is 133 Å². The Kier molecular flexibility index (Phi) is 4.50. The van der Waals surface area contributed by atoms with Crippen LogP contribution in [-0.4, -0.2) is 24.2 Å². The molecule has 1 aliphatic rings. The second-order valence-electron chi connectivity index (χ2n) is 6.79. The lowest BCUT2D eigenvalue weighted by atomic mass is 9.79. The summed E-state index contributed by atoms with van der Waals surface area (Å²) in [6.07, 6.45) is 0. The molecule has 1 aliphatic heterocycles. The zero-order valence-electron chi connectivity index (χ0n) is 14.0. The lowest BCUT2D eigenvalue weighted by molar-refractivity contribution is -0.117. The predicted octanol–water partition coefficient (Wildman–Crippen LogP) is 2.18. The Morgan fingerprint density at radius 2 is 1.64 bits per heavy atom. The molecule has 1 N–H and O–H groups in total. The number of carbonyl (C=O) groups excluding carboxylic acids is 1. The molecule has 1 aromatic carbocycles. The van der Waals surface area contributed by atoms with Gasteiger partial charge in [0.2, 0.25) is 5.91 Å². The van der Waals surface area contributed by atoms with E-state index in [9.17, 15) is 4.79 Å². The second-order valence-corrected chi connectivity index (χ2v) is 6.79. The van der Waals surface area contributed by atoms with Gasteiger partial charge < -0.3 is 14.6 Å². The predicted molar refractivity (Wildman–Crippen MR) is 88.8 cm³/mol. The van der Waals surface area contributed by atoms with Gasteiger partial charge in [-0.25, -0.2) is 0 Å². The highest BCUT2D eigenvalue weighted by molar-refractivity contribution is 6.62. The summed E-state index contributed by atoms with van der Waals surface area (Å²) in [6.45, 7) is 13.9. The highest BCUT2D eigenvalue weighted by Crippen LogP contribution is 2.36. The maximum absolute atomic E-state index is 11.5. The highest BCUT2D eigenvalue weighted by Gasteiger charge is 2.51. The van der Waals surface area contributed by atoms with Crippen LogP contribution in [0.5, 0.6) is 0 Å². The molecule has 1 fully saturated rings. The molecule has 0 spiro atoms. The molecule has 1 amide bonds. The Morgan fingerprint density at radius 3 is 2.09 bits per heavy atom. The molecule has 22 heavy (non-hydrogen) atoms. The van der Waals surface area contributed by atoms with Crippen molar-refractivity contribution >= 4 is 18.5 Å². The van der Waals surface area contributed by atoms with Crippen molar-refractivity contribution in [3.8, 4) is 0 Å². The van der Waals surface area contributed by atoms with Gasteiger partial charge in [-0.15, -0.1) is 0 Å². The normalized spacial score (nSPS) is 19.0. The topological polar surface area (TPSA) is 47.6 Å². The minimum Gasteiger partial charge on any atom is -0.399 e. The van der Waals surface area contributed by atoms with E-state index in [4.69, 9.17) is 9.31 Å². The van der Waals surface area contributed by atoms with Crippen molar-refractivity contribution in [2.45, 2.75) is 52.4 Å². The number of nitrogens with one attached hydrogen (secondary N) is 1. The van der Waals surface area contributed by atoms with Crippen LogP contribution in [0.3, 0.4) is 0 Å². The second kappa shape index (κ2) is 5.90. The van der Waals surface area contributed by atoms with E-state index in [0.29, 0.717) is 12.1 Å². The van der Waals surface area contributed by atoms with Gasteiger partial charge >= 0.3 is 7.12 Å². The van der Waals surface area contributed by atoms with Gasteiger partial charge in [0, 0.05) is 12.1 Å². The Bertz CT molecular complexity index is 562. The van der Waals surface area contributed by atoms with Crippen molar-refractivity contribution in [2.75, 3.05) is 0 Å². The quantitative estimate of drug-likeness (QED) is 0.685. The molecule has 1 aromatic rings. The first-order valence-corrected chi connectivity index (χ1v) is 7.50. The molecule has 0 radical (unpaired) electrons. The van der Waals surface area contributed by atoms with Crippen LogP contribution in [0, 0.1) is 0 Å². The van der Waals surface area contributed by atoms with Crippen LogP contribution in [0.25, 0.3) is 0 Å². The summed E-state index contributed by atoms with van der Waals surface area (Å²) in [6, 6.07) is 7.90. The number of benzene rings is 1. The smallest absolute Gasteiger partial charge is 0.399 e. The molecule has 2 rings (SSSR count). The van der Waals surface area contributed by atoms with Crippen LogP contribution in [-0.2, 0) is 20.6 Å². The van der Waals surface area contributed by atoms with Gasteiger partial charge in [0.15, 0.2) is 0 Å². The zero-order valence-corrected chi connectivity index (χ0v) is 14.0. The van der Waals surface area contributed by atoms with E-state index >= 15 is 0 Å². The van der Waals surface area contributed by atoms with Crippen molar-refractivity contribution in [1.82, 2.24) is 5.32 Å². The van der Waals surface area contributed by atoms with Gasteiger partial charge in [-0.1, -0.05) is 30.8 Å². The van der Waals surface area contributed by atoms with Gasteiger partial charge in [0.05, 0.1) is 11.2 Å². The van der Waals surface area contributed by atoms with E-state index in [2.05, 4.69) is 11.9 Å². The molecule has 0 aromatic heterocycles. The van der Waals surface area contributed by atoms with Crippen molar-refractivity contribution in [3.63, 3.8) is 0 Å². The molecule has 0 atom stereocenters. The fraction of sp³-hybridized carbons (Fsp3) is 0.471. The summed E-state index contributed by atoms with van der Waals surface area (Å²) in [5.74, 6) is -0.130. The van der Waals surface area contributed by atoms with Crippen LogP contribution < -0.4 is 10.8 Å². The van der Waals surface area contributed by atoms with Crippen LogP contribution in [0.15, 0.2) is 36.4 Å². The molecule has 0 bridgehead atoms. The number of rotatable bonds is 4. The van der Waals surface area contributed by atoms with Crippen LogP contribution in [0.1, 0.15) is 40.2 Å². The number of amides is 1. The van der Waals surface area contributed by atoms with E-state index < -0.39 is 0 Å². The first kappa shape index (κ1) is 16.8. The maximum Gasteiger partial charge on any atom is 0.494 e. The first-order chi connectivity index (χ1) is 10.1. The summed E-state index contributed by atoms with van der Waals surface area (Å²) in [7, 11) is -0.357. The molecule has 0 saturated carbocycles. The summed E-state index contributed by atoms with van der Waals surface area (Å²) in [4.78, 5) is 11.5. The SMILES string of the molecule is C=C(C)C(=O)NCc1ccc(B2OC(C)(C)C(C)(C)O2)cc1. The standard InChI is InChI=1S/C17H24BNO3/c1-12(2)15(20)19-11-13-7-9-14(10-8-13)18-21-16(3,4)17(5,6)22-18/h7-10H,1,11H2,2-6H3,(H,19,20). The minimum atomic E-state index is -0.357. The third-order valence-electron chi connectivity index (χ3n) is 4.35. The van der Waals surface area contributed by atoms with Gasteiger partial charge in [0.25, 0.3) is 0 Å². The average Bonchev–Trinajstić information content (AvgIpc) is 2.65. The van der Waals surface area contributed by atoms with Gasteiger partial charge in [-0.3, -0.25) is 4.79 Å². The van der Waals surface area contributed by atoms with E-state index in [1.165, 1.54) is 0 Å². The molecule has 118 valence electrons. The first-order valence-electron chi connectivity index (χ1n) is 7.50. The van der Waals surface area contributed by atoms with Gasteiger partial charge in [-0.2, -0.15) is 0 Å². The fourth-order valence-electron chi connectivity index (χ4n) is 2.10. The Morgan fingerprint density at radius 1 is 1.14 bits per heavy atom. The number of carbonyl (C=O) groups is 1. The van der Waals surface area contributed by atoms with Crippen LogP contribution in [0.2, 0.25) is 0 Å². The lowest BCUT2D eigenvalue weighted by Gasteiger charge is -2.32. The molecule has 1 heterocycles.